The van der Waals surface area contributed by atoms with Crippen LogP contribution >= 0.6 is 24.0 Å². The molecule has 3 rings (SSSR count). The number of guanidine groups is 1. The summed E-state index contributed by atoms with van der Waals surface area (Å²) in [5, 5.41) is 7.06. The number of halogens is 2. The van der Waals surface area contributed by atoms with Crippen LogP contribution in [0.2, 0.25) is 0 Å². The first-order valence-corrected chi connectivity index (χ1v) is 9.36. The first kappa shape index (κ1) is 21.2. The third-order valence-corrected chi connectivity index (χ3v) is 5.05. The topological polar surface area (TPSA) is 39.7 Å². The highest BCUT2D eigenvalue weighted by Crippen LogP contribution is 2.41. The lowest BCUT2D eigenvalue weighted by atomic mass is 10.1. The van der Waals surface area contributed by atoms with E-state index in [0.29, 0.717) is 6.04 Å². The zero-order chi connectivity index (χ0) is 17.6. The van der Waals surface area contributed by atoms with Gasteiger partial charge in [-0.3, -0.25) is 9.89 Å². The Kier molecular flexibility index (Phi) is 8.34. The Morgan fingerprint density at radius 1 is 1.31 bits per heavy atom. The number of likely N-dealkylation sites (tertiary alicyclic amines) is 1. The second kappa shape index (κ2) is 10.3. The van der Waals surface area contributed by atoms with Gasteiger partial charge in [0.25, 0.3) is 0 Å². The van der Waals surface area contributed by atoms with Crippen LogP contribution in [0.25, 0.3) is 0 Å². The van der Waals surface area contributed by atoms with E-state index in [9.17, 15) is 4.39 Å². The molecule has 1 heterocycles. The van der Waals surface area contributed by atoms with Crippen molar-refractivity contribution in [3.05, 3.63) is 48.3 Å². The summed E-state index contributed by atoms with van der Waals surface area (Å²) in [5.41, 5.74) is 0.814. The molecule has 0 spiro atoms. The zero-order valence-corrected chi connectivity index (χ0v) is 17.8. The Labute approximate surface area is 173 Å². The maximum atomic E-state index is 13.9. The van der Waals surface area contributed by atoms with Crippen molar-refractivity contribution in [2.45, 2.75) is 44.2 Å². The molecule has 1 saturated carbocycles. The molecule has 1 saturated heterocycles. The number of hydrogen-bond donors (Lipinski definition) is 2. The van der Waals surface area contributed by atoms with Gasteiger partial charge in [-0.25, -0.2) is 4.39 Å². The summed E-state index contributed by atoms with van der Waals surface area (Å²) in [7, 11) is 0. The molecular weight excluding hydrogens is 442 g/mol. The van der Waals surface area contributed by atoms with E-state index >= 15 is 0 Å². The van der Waals surface area contributed by atoms with Gasteiger partial charge in [0.15, 0.2) is 5.96 Å². The zero-order valence-electron chi connectivity index (χ0n) is 15.5. The number of nitrogens with zero attached hydrogens (tertiary/aromatic N) is 2. The first-order chi connectivity index (χ1) is 12.2. The maximum Gasteiger partial charge on any atom is 0.191 e. The molecule has 6 heteroatoms. The lowest BCUT2D eigenvalue weighted by Gasteiger charge is -2.32. The van der Waals surface area contributed by atoms with Gasteiger partial charge in [0.05, 0.1) is 0 Å². The normalized spacial score (nSPS) is 23.8. The first-order valence-electron chi connectivity index (χ1n) is 9.36. The molecule has 4 nitrogen and oxygen atoms in total. The predicted octanol–water partition coefficient (Wildman–Crippen LogP) is 3.51. The Hall–Kier alpha value is -1.15. The van der Waals surface area contributed by atoms with Crippen molar-refractivity contribution < 1.29 is 4.39 Å². The van der Waals surface area contributed by atoms with E-state index in [-0.39, 0.29) is 41.8 Å². The molecule has 144 valence electrons. The molecule has 1 aliphatic carbocycles. The monoisotopic (exact) mass is 472 g/mol. The Morgan fingerprint density at radius 2 is 2.04 bits per heavy atom. The summed E-state index contributed by atoms with van der Waals surface area (Å²) in [4.78, 5) is 7.00. The molecule has 1 aromatic carbocycles. The molecule has 0 aromatic heterocycles. The van der Waals surface area contributed by atoms with Crippen molar-refractivity contribution >= 4 is 29.9 Å². The Morgan fingerprint density at radius 3 is 2.69 bits per heavy atom. The van der Waals surface area contributed by atoms with Crippen LogP contribution in [-0.4, -0.2) is 49.1 Å². The molecule has 2 atom stereocenters. The van der Waals surface area contributed by atoms with E-state index < -0.39 is 0 Å². The van der Waals surface area contributed by atoms with Gasteiger partial charge in [-0.05, 0) is 37.8 Å². The smallest absolute Gasteiger partial charge is 0.191 e. The highest BCUT2D eigenvalue weighted by atomic mass is 127. The minimum Gasteiger partial charge on any atom is -0.354 e. The molecule has 2 aliphatic rings. The van der Waals surface area contributed by atoms with Crippen LogP contribution in [0.5, 0.6) is 0 Å². The van der Waals surface area contributed by atoms with Crippen LogP contribution < -0.4 is 10.6 Å². The molecular formula is C20H30FIN4. The van der Waals surface area contributed by atoms with Crippen LogP contribution in [0.1, 0.15) is 37.7 Å². The van der Waals surface area contributed by atoms with Gasteiger partial charge in [-0.2, -0.15) is 0 Å². The molecule has 2 fully saturated rings. The lowest BCUT2D eigenvalue weighted by Crippen LogP contribution is -2.49. The SMILES string of the molecule is C=CCN1CCC(NC(=NCC)NC2CC2c2ccccc2F)CC1.I. The van der Waals surface area contributed by atoms with E-state index in [2.05, 4.69) is 27.1 Å². The summed E-state index contributed by atoms with van der Waals surface area (Å²) in [6.45, 7) is 9.73. The van der Waals surface area contributed by atoms with Crippen LogP contribution in [0.3, 0.4) is 0 Å². The van der Waals surface area contributed by atoms with Crippen molar-refractivity contribution in [1.29, 1.82) is 0 Å². The van der Waals surface area contributed by atoms with Crippen molar-refractivity contribution in [3.8, 4) is 0 Å². The highest BCUT2D eigenvalue weighted by molar-refractivity contribution is 14.0. The maximum absolute atomic E-state index is 13.9. The summed E-state index contributed by atoms with van der Waals surface area (Å²) in [6, 6.07) is 7.81. The molecule has 0 bridgehead atoms. The van der Waals surface area contributed by atoms with Crippen molar-refractivity contribution in [1.82, 2.24) is 15.5 Å². The number of aliphatic imine (C=N–C) groups is 1. The minimum atomic E-state index is -0.103. The second-order valence-corrected chi connectivity index (χ2v) is 6.95. The Balaban J connectivity index is 0.00000243. The van der Waals surface area contributed by atoms with Gasteiger partial charge < -0.3 is 10.6 Å². The largest absolute Gasteiger partial charge is 0.354 e. The predicted molar refractivity (Wildman–Crippen MR) is 117 cm³/mol. The van der Waals surface area contributed by atoms with E-state index in [1.165, 1.54) is 0 Å². The summed E-state index contributed by atoms with van der Waals surface area (Å²) in [5.74, 6) is 1.02. The molecule has 1 aromatic rings. The van der Waals surface area contributed by atoms with Gasteiger partial charge in [0, 0.05) is 44.2 Å². The lowest BCUT2D eigenvalue weighted by molar-refractivity contribution is 0.225. The molecule has 2 unspecified atom stereocenters. The average molecular weight is 472 g/mol. The third-order valence-electron chi connectivity index (χ3n) is 5.05. The van der Waals surface area contributed by atoms with E-state index in [1.807, 2.05) is 25.1 Å². The van der Waals surface area contributed by atoms with Crippen LogP contribution in [0.4, 0.5) is 4.39 Å². The van der Waals surface area contributed by atoms with Gasteiger partial charge in [-0.15, -0.1) is 30.6 Å². The van der Waals surface area contributed by atoms with Gasteiger partial charge in [0.2, 0.25) is 0 Å². The standard InChI is InChI=1S/C20H29FN4.HI/c1-3-11-25-12-9-15(10-13-25)23-20(22-4-2)24-19-14-17(19)16-7-5-6-8-18(16)21;/h3,5-8,15,17,19H,1,4,9-14H2,2H3,(H2,22,23,24);1H. The minimum absolute atomic E-state index is 0. The quantitative estimate of drug-likeness (QED) is 0.288. The number of benzene rings is 1. The Bertz CT molecular complexity index is 614. The van der Waals surface area contributed by atoms with E-state index in [4.69, 9.17) is 0 Å². The molecule has 0 radical (unpaired) electrons. The highest BCUT2D eigenvalue weighted by Gasteiger charge is 2.40. The average Bonchev–Trinajstić information content (AvgIpc) is 3.36. The van der Waals surface area contributed by atoms with Crippen LogP contribution in [-0.2, 0) is 0 Å². The third kappa shape index (κ3) is 5.67. The van der Waals surface area contributed by atoms with Gasteiger partial charge in [-0.1, -0.05) is 24.3 Å². The second-order valence-electron chi connectivity index (χ2n) is 6.95. The summed E-state index contributed by atoms with van der Waals surface area (Å²) < 4.78 is 13.9. The number of hydrogen-bond acceptors (Lipinski definition) is 2. The fraction of sp³-hybridized carbons (Fsp3) is 0.550. The number of rotatable bonds is 6. The van der Waals surface area contributed by atoms with Crippen LogP contribution in [0, 0.1) is 5.82 Å². The summed E-state index contributed by atoms with van der Waals surface area (Å²) >= 11 is 0. The van der Waals surface area contributed by atoms with Crippen molar-refractivity contribution in [3.63, 3.8) is 0 Å². The van der Waals surface area contributed by atoms with Crippen molar-refractivity contribution in [2.75, 3.05) is 26.2 Å². The molecule has 1 aliphatic heterocycles. The van der Waals surface area contributed by atoms with Gasteiger partial charge in [0.1, 0.15) is 5.82 Å². The van der Waals surface area contributed by atoms with Gasteiger partial charge >= 0.3 is 0 Å². The summed E-state index contributed by atoms with van der Waals surface area (Å²) in [6.07, 6.45) is 5.15. The number of nitrogens with one attached hydrogen (secondary N) is 2. The molecule has 26 heavy (non-hydrogen) atoms. The van der Waals surface area contributed by atoms with Crippen molar-refractivity contribution in [2.24, 2.45) is 4.99 Å². The van der Waals surface area contributed by atoms with E-state index in [0.717, 1.165) is 57.0 Å². The molecule has 0 amide bonds. The number of piperidine rings is 1. The van der Waals surface area contributed by atoms with Crippen LogP contribution in [0.15, 0.2) is 41.9 Å². The van der Waals surface area contributed by atoms with E-state index in [1.54, 1.807) is 12.1 Å². The molecule has 2 N–H and O–H groups in total. The fourth-order valence-corrected chi connectivity index (χ4v) is 3.58. The fourth-order valence-electron chi connectivity index (χ4n) is 3.58.